The van der Waals surface area contributed by atoms with Crippen LogP contribution in [-0.4, -0.2) is 74.4 Å². The van der Waals surface area contributed by atoms with Crippen molar-refractivity contribution in [2.45, 2.75) is 20.0 Å². The van der Waals surface area contributed by atoms with Gasteiger partial charge >= 0.3 is 16.4 Å². The topological polar surface area (TPSA) is 343 Å². The maximum atomic E-state index is 11.1. The van der Waals surface area contributed by atoms with E-state index in [1.54, 1.807) is 61.4 Å². The molecule has 61 heavy (non-hydrogen) atoms. The SMILES string of the molecule is CC.Clc1nccc2cccnc12.Nc1ccc[nH]c1=O.Nc1ccc[nH]c1=O.O=P(Cl)(Cl)Cl.O=c1[nH]ccc2cccnc12.O=c1[nH]cccc1[N+](=O)[O-].OCC(O)CO.[HH]. The lowest BCUT2D eigenvalue weighted by atomic mass is 10.3. The molecule has 0 bridgehead atoms. The highest BCUT2D eigenvalue weighted by Crippen LogP contribution is 2.61. The fourth-order valence-corrected chi connectivity index (χ4v) is 3.68. The van der Waals surface area contributed by atoms with Crippen molar-refractivity contribution in [3.8, 4) is 0 Å². The molecule has 25 heteroatoms. The lowest BCUT2D eigenvalue weighted by Gasteiger charge is -1.96. The molecule has 0 aromatic carbocycles. The van der Waals surface area contributed by atoms with Crippen molar-refractivity contribution in [3.63, 3.8) is 0 Å². The quantitative estimate of drug-likeness (QED) is 0.0436. The average molecular weight is 949 g/mol. The van der Waals surface area contributed by atoms with E-state index in [1.165, 1.54) is 12.3 Å². The minimum atomic E-state index is -3.22. The van der Waals surface area contributed by atoms with E-state index < -0.39 is 27.5 Å². The Bertz CT molecular complexity index is 2560. The Morgan fingerprint density at radius 1 is 0.672 bits per heavy atom. The number of nitrogens with one attached hydrogen (secondary N) is 4. The first-order valence-corrected chi connectivity index (χ1v) is 21.7. The molecule has 20 nitrogen and oxygen atoms in total. The minimum absolute atomic E-state index is 0. The van der Waals surface area contributed by atoms with Crippen LogP contribution in [0.4, 0.5) is 17.1 Å². The number of rotatable bonds is 3. The number of fused-ring (bicyclic) bond motifs is 2. The largest absolute Gasteiger partial charge is 0.394 e. The summed E-state index contributed by atoms with van der Waals surface area (Å²) in [4.78, 5) is 73.3. The molecule has 0 aliphatic heterocycles. The van der Waals surface area contributed by atoms with Gasteiger partial charge in [-0.15, -0.1) is 0 Å². The Morgan fingerprint density at radius 3 is 1.44 bits per heavy atom. The third-order valence-electron chi connectivity index (χ3n) is 6.12. The Labute approximate surface area is 366 Å². The van der Waals surface area contributed by atoms with Gasteiger partial charge in [0.25, 0.3) is 16.7 Å². The fourth-order valence-electron chi connectivity index (χ4n) is 3.47. The molecule has 7 aromatic heterocycles. The van der Waals surface area contributed by atoms with Gasteiger partial charge < -0.3 is 46.7 Å². The van der Waals surface area contributed by atoms with Crippen molar-refractivity contribution in [3.05, 3.63) is 173 Å². The standard InChI is InChI=1S/C8H5ClN2.C8H6N2O.C5H4N2O3.2C5H6N2O.C3H8O3.C2H6.Cl3OP.H2/c9-8-7-6(3-5-11-8)2-1-4-10-7;11-8-7-6(3-5-10-8)2-1-4-9-7;8-5-4(7(9)10)2-1-3-6-5;2*6-4-2-1-3-7-5(4)8;4-1-3(6)2-5;1-2;1-5(2,3)4;/h1-5H;1-5H,(H,10,11);1-3H,(H,6,8);2*1-3H,6H2,(H,7,8);3-6H,1-2H2;1-2H3;;1H. The van der Waals surface area contributed by atoms with Crippen LogP contribution in [0.3, 0.4) is 0 Å². The number of nitro groups is 1. The third-order valence-corrected chi connectivity index (χ3v) is 6.40. The van der Waals surface area contributed by atoms with Gasteiger partial charge in [0.1, 0.15) is 17.1 Å². The molecule has 7 heterocycles. The van der Waals surface area contributed by atoms with E-state index in [0.29, 0.717) is 10.7 Å². The van der Waals surface area contributed by atoms with Crippen LogP contribution in [0.2, 0.25) is 5.15 Å². The number of aliphatic hydroxyl groups excluding tert-OH is 3. The van der Waals surface area contributed by atoms with Gasteiger partial charge in [-0.3, -0.25) is 43.8 Å². The van der Waals surface area contributed by atoms with Crippen LogP contribution in [0, 0.1) is 10.1 Å². The second-order valence-electron chi connectivity index (χ2n) is 10.4. The molecule has 0 aliphatic rings. The zero-order valence-electron chi connectivity index (χ0n) is 32.1. The molecule has 330 valence electrons. The summed E-state index contributed by atoms with van der Waals surface area (Å²) >= 11 is 19.6. The number of nitrogens with zero attached hydrogens (tertiary/aromatic N) is 4. The van der Waals surface area contributed by atoms with Gasteiger partial charge in [0.2, 0.25) is 0 Å². The van der Waals surface area contributed by atoms with Crippen LogP contribution in [-0.2, 0) is 4.57 Å². The predicted molar refractivity (Wildman–Crippen MR) is 242 cm³/mol. The highest BCUT2D eigenvalue weighted by atomic mass is 36.0. The molecule has 0 radical (unpaired) electrons. The van der Waals surface area contributed by atoms with Crippen LogP contribution in [0.25, 0.3) is 21.8 Å². The fraction of sp³-hybridized carbons (Fsp3) is 0.139. The van der Waals surface area contributed by atoms with Crippen molar-refractivity contribution < 1.29 is 26.2 Å². The molecular weight excluding hydrogens is 905 g/mol. The van der Waals surface area contributed by atoms with E-state index in [9.17, 15) is 33.9 Å². The molecule has 7 aromatic rings. The molecule has 0 amide bonds. The molecule has 0 aliphatic carbocycles. The molecule has 7 rings (SSSR count). The maximum Gasteiger partial charge on any atom is 0.339 e. The monoisotopic (exact) mass is 946 g/mol. The first-order chi connectivity index (χ1) is 28.9. The van der Waals surface area contributed by atoms with E-state index in [1.807, 2.05) is 50.2 Å². The van der Waals surface area contributed by atoms with E-state index >= 15 is 0 Å². The Balaban J connectivity index is 0. The molecule has 0 atom stereocenters. The summed E-state index contributed by atoms with van der Waals surface area (Å²) in [5, 5.41) is 33.2. The van der Waals surface area contributed by atoms with Crippen LogP contribution in [0.1, 0.15) is 15.3 Å². The molecular formula is C36H43Cl4N10O10P. The number of aromatic nitrogens is 7. The summed E-state index contributed by atoms with van der Waals surface area (Å²) in [6, 6.07) is 20.2. The summed E-state index contributed by atoms with van der Waals surface area (Å²) in [6.45, 7) is 3.27. The first kappa shape index (κ1) is 55.0. The van der Waals surface area contributed by atoms with Crippen LogP contribution in [0.5, 0.6) is 0 Å². The lowest BCUT2D eigenvalue weighted by molar-refractivity contribution is -0.386. The van der Waals surface area contributed by atoms with Gasteiger partial charge in [0, 0.05) is 61.6 Å². The number of hydrogen-bond acceptors (Lipinski definition) is 15. The smallest absolute Gasteiger partial charge is 0.339 e. The summed E-state index contributed by atoms with van der Waals surface area (Å²) in [5.74, 6) is 0. The van der Waals surface area contributed by atoms with Gasteiger partial charge in [-0.05, 0) is 88.3 Å². The number of H-pyrrole nitrogens is 4. The highest BCUT2D eigenvalue weighted by Gasteiger charge is 2.08. The van der Waals surface area contributed by atoms with Gasteiger partial charge in [-0.1, -0.05) is 37.6 Å². The van der Waals surface area contributed by atoms with Crippen molar-refractivity contribution in [1.82, 2.24) is 34.9 Å². The van der Waals surface area contributed by atoms with Crippen molar-refractivity contribution in [2.75, 3.05) is 24.7 Å². The normalized spacial score (nSPS) is 9.61. The zero-order valence-corrected chi connectivity index (χ0v) is 36.0. The summed E-state index contributed by atoms with van der Waals surface area (Å²) < 4.78 is 9.51. The van der Waals surface area contributed by atoms with Crippen molar-refractivity contribution in [2.24, 2.45) is 0 Å². The predicted octanol–water partition coefficient (Wildman–Crippen LogP) is 5.82. The van der Waals surface area contributed by atoms with E-state index in [0.717, 1.165) is 22.4 Å². The van der Waals surface area contributed by atoms with Gasteiger partial charge in [0.05, 0.1) is 29.5 Å². The number of aromatic amines is 4. The van der Waals surface area contributed by atoms with E-state index in [-0.39, 0.29) is 42.7 Å². The maximum absolute atomic E-state index is 11.1. The Kier molecular flexibility index (Phi) is 28.0. The number of nitrogens with two attached hydrogens (primary N) is 2. The van der Waals surface area contributed by atoms with E-state index in [2.05, 4.69) is 68.6 Å². The van der Waals surface area contributed by atoms with Crippen molar-refractivity contribution in [1.29, 1.82) is 0 Å². The Hall–Kier alpha value is -5.96. The number of halogens is 4. The van der Waals surface area contributed by atoms with Gasteiger partial charge in [0.15, 0.2) is 5.15 Å². The number of hydrogen-bond donors (Lipinski definition) is 9. The highest BCUT2D eigenvalue weighted by molar-refractivity contribution is 8.24. The number of anilines is 2. The molecule has 0 saturated carbocycles. The average Bonchev–Trinajstić information content (AvgIpc) is 3.24. The lowest BCUT2D eigenvalue weighted by Crippen LogP contribution is -2.15. The third kappa shape index (κ3) is 24.7. The zero-order chi connectivity index (χ0) is 46.4. The van der Waals surface area contributed by atoms with Crippen LogP contribution >= 0.6 is 50.5 Å². The summed E-state index contributed by atoms with van der Waals surface area (Å²) in [6.07, 6.45) is 10.1. The number of nitrogen functional groups attached to an aromatic ring is 2. The van der Waals surface area contributed by atoms with Crippen molar-refractivity contribution >= 4 is 89.4 Å². The molecule has 0 unspecified atom stereocenters. The second kappa shape index (κ2) is 31.0. The molecule has 11 N–H and O–H groups in total. The minimum Gasteiger partial charge on any atom is -0.394 e. The summed E-state index contributed by atoms with van der Waals surface area (Å²) in [5.41, 5.74) is 10.4. The Morgan fingerprint density at radius 2 is 1.10 bits per heavy atom. The van der Waals surface area contributed by atoms with Gasteiger partial charge in [-0.2, -0.15) is 0 Å². The summed E-state index contributed by atoms with van der Waals surface area (Å²) in [7, 11) is 0. The molecule has 0 fully saturated rings. The molecule has 0 spiro atoms. The second-order valence-corrected chi connectivity index (χ2v) is 17.4. The number of aliphatic hydroxyl groups is 3. The van der Waals surface area contributed by atoms with Crippen LogP contribution < -0.4 is 33.7 Å². The van der Waals surface area contributed by atoms with E-state index in [4.69, 9.17) is 38.4 Å². The first-order valence-electron chi connectivity index (χ1n) is 16.9. The van der Waals surface area contributed by atoms with Crippen LogP contribution in [0.15, 0.2) is 135 Å². The number of pyridine rings is 7. The van der Waals surface area contributed by atoms with Gasteiger partial charge in [-0.25, -0.2) is 4.98 Å². The molecule has 0 saturated heterocycles.